The third-order valence-corrected chi connectivity index (χ3v) is 5.97. The lowest BCUT2D eigenvalue weighted by Gasteiger charge is -2.26. The molecule has 4 nitrogen and oxygen atoms in total. The Morgan fingerprint density at radius 1 is 1.42 bits per heavy atom. The van der Waals surface area contributed by atoms with Crippen molar-refractivity contribution in [3.05, 3.63) is 22.4 Å². The van der Waals surface area contributed by atoms with Crippen LogP contribution in [0.15, 0.2) is 17.2 Å². The zero-order valence-corrected chi connectivity index (χ0v) is 13.1. The minimum atomic E-state index is -3.54. The standard InChI is InChI=1S/C12H16Cl2N2O2S/c1-8(2)11-4-3-5-16(11)19(17,18)9-6-10(13)12(14)15-7-9/h6-8,11H,3-5H2,1-2H3. The van der Waals surface area contributed by atoms with Gasteiger partial charge in [0.05, 0.1) is 5.02 Å². The molecular formula is C12H16Cl2N2O2S. The van der Waals surface area contributed by atoms with E-state index in [1.807, 2.05) is 13.8 Å². The monoisotopic (exact) mass is 322 g/mol. The summed E-state index contributed by atoms with van der Waals surface area (Å²) in [5.41, 5.74) is 0. The predicted octanol–water partition coefficient (Wildman–Crippen LogP) is 3.20. The molecule has 1 saturated heterocycles. The molecular weight excluding hydrogens is 307 g/mol. The van der Waals surface area contributed by atoms with Gasteiger partial charge in [-0.05, 0) is 24.8 Å². The van der Waals surface area contributed by atoms with Crippen LogP contribution in [0.4, 0.5) is 0 Å². The number of nitrogens with zero attached hydrogens (tertiary/aromatic N) is 2. The van der Waals surface area contributed by atoms with Gasteiger partial charge < -0.3 is 0 Å². The van der Waals surface area contributed by atoms with Crippen LogP contribution in [-0.2, 0) is 10.0 Å². The molecule has 2 heterocycles. The molecule has 19 heavy (non-hydrogen) atoms. The van der Waals surface area contributed by atoms with Gasteiger partial charge in [-0.1, -0.05) is 37.0 Å². The van der Waals surface area contributed by atoms with Crippen LogP contribution in [0.5, 0.6) is 0 Å². The first kappa shape index (κ1) is 15.0. The highest BCUT2D eigenvalue weighted by molar-refractivity contribution is 7.89. The maximum Gasteiger partial charge on any atom is 0.244 e. The summed E-state index contributed by atoms with van der Waals surface area (Å²) in [4.78, 5) is 3.92. The third kappa shape index (κ3) is 2.89. The molecule has 1 aliphatic heterocycles. The Labute approximate surface area is 123 Å². The minimum absolute atomic E-state index is 0.0412. The van der Waals surface area contributed by atoms with E-state index in [0.29, 0.717) is 6.54 Å². The molecule has 0 radical (unpaired) electrons. The van der Waals surface area contributed by atoms with Crippen LogP contribution < -0.4 is 0 Å². The second kappa shape index (κ2) is 5.56. The number of halogens is 2. The van der Waals surface area contributed by atoms with Crippen molar-refractivity contribution in [2.75, 3.05) is 6.54 Å². The van der Waals surface area contributed by atoms with Crippen molar-refractivity contribution in [3.63, 3.8) is 0 Å². The summed E-state index contributed by atoms with van der Waals surface area (Å²) < 4.78 is 26.7. The molecule has 0 aromatic carbocycles. The average molecular weight is 323 g/mol. The number of pyridine rings is 1. The van der Waals surface area contributed by atoms with Gasteiger partial charge in [-0.25, -0.2) is 13.4 Å². The van der Waals surface area contributed by atoms with Crippen LogP contribution in [0.25, 0.3) is 0 Å². The van der Waals surface area contributed by atoms with Gasteiger partial charge in [0.25, 0.3) is 0 Å². The zero-order valence-electron chi connectivity index (χ0n) is 10.8. The van der Waals surface area contributed by atoms with Crippen LogP contribution in [0.2, 0.25) is 10.2 Å². The Balaban J connectivity index is 2.39. The van der Waals surface area contributed by atoms with Crippen molar-refractivity contribution in [1.82, 2.24) is 9.29 Å². The summed E-state index contributed by atoms with van der Waals surface area (Å²) in [5.74, 6) is 0.285. The fourth-order valence-corrected chi connectivity index (χ4v) is 4.54. The molecule has 1 unspecified atom stereocenters. The summed E-state index contributed by atoms with van der Waals surface area (Å²) in [6.07, 6.45) is 3.04. The molecule has 1 aromatic rings. The maximum atomic E-state index is 12.6. The molecule has 0 N–H and O–H groups in total. The van der Waals surface area contributed by atoms with Crippen molar-refractivity contribution in [3.8, 4) is 0 Å². The molecule has 1 aromatic heterocycles. The number of rotatable bonds is 3. The lowest BCUT2D eigenvalue weighted by atomic mass is 10.0. The Kier molecular flexibility index (Phi) is 4.40. The van der Waals surface area contributed by atoms with Crippen LogP contribution in [0.1, 0.15) is 26.7 Å². The zero-order chi connectivity index (χ0) is 14.2. The molecule has 0 aliphatic carbocycles. The summed E-state index contributed by atoms with van der Waals surface area (Å²) in [6, 6.07) is 1.40. The lowest BCUT2D eigenvalue weighted by Crippen LogP contribution is -2.38. The molecule has 106 valence electrons. The van der Waals surface area contributed by atoms with Gasteiger partial charge in [-0.15, -0.1) is 0 Å². The van der Waals surface area contributed by atoms with Crippen molar-refractivity contribution in [1.29, 1.82) is 0 Å². The largest absolute Gasteiger partial charge is 0.244 e. The molecule has 0 saturated carbocycles. The van der Waals surface area contributed by atoms with E-state index in [2.05, 4.69) is 4.98 Å². The second-order valence-corrected chi connectivity index (χ2v) is 7.67. The van der Waals surface area contributed by atoms with Crippen LogP contribution in [0.3, 0.4) is 0 Å². The van der Waals surface area contributed by atoms with Crippen LogP contribution >= 0.6 is 23.2 Å². The van der Waals surface area contributed by atoms with Crippen molar-refractivity contribution in [2.24, 2.45) is 5.92 Å². The number of aromatic nitrogens is 1. The van der Waals surface area contributed by atoms with Gasteiger partial charge in [0.1, 0.15) is 10.0 Å². The van der Waals surface area contributed by atoms with E-state index in [0.717, 1.165) is 12.8 Å². The number of hydrogen-bond donors (Lipinski definition) is 0. The molecule has 1 atom stereocenters. The Morgan fingerprint density at radius 2 is 2.11 bits per heavy atom. The van der Waals surface area contributed by atoms with E-state index in [1.165, 1.54) is 12.3 Å². The maximum absolute atomic E-state index is 12.6. The summed E-state index contributed by atoms with van der Waals surface area (Å²) in [6.45, 7) is 4.61. The first-order chi connectivity index (χ1) is 8.84. The van der Waals surface area contributed by atoms with Crippen LogP contribution in [0, 0.1) is 5.92 Å². The van der Waals surface area contributed by atoms with E-state index in [9.17, 15) is 8.42 Å². The van der Waals surface area contributed by atoms with E-state index in [1.54, 1.807) is 4.31 Å². The smallest absolute Gasteiger partial charge is 0.242 e. The Hall–Kier alpha value is -0.360. The highest BCUT2D eigenvalue weighted by Gasteiger charge is 2.37. The highest BCUT2D eigenvalue weighted by Crippen LogP contribution is 2.31. The molecule has 7 heteroatoms. The normalized spacial score (nSPS) is 21.2. The SMILES string of the molecule is CC(C)C1CCCN1S(=O)(=O)c1cnc(Cl)c(Cl)c1. The van der Waals surface area contributed by atoms with Crippen LogP contribution in [-0.4, -0.2) is 30.3 Å². The first-order valence-electron chi connectivity index (χ1n) is 6.17. The van der Waals surface area contributed by atoms with Gasteiger partial charge in [0.2, 0.25) is 10.0 Å². The predicted molar refractivity (Wildman–Crippen MR) is 76.0 cm³/mol. The van der Waals surface area contributed by atoms with Crippen molar-refractivity contribution in [2.45, 2.75) is 37.6 Å². The van der Waals surface area contributed by atoms with Crippen molar-refractivity contribution < 1.29 is 8.42 Å². The third-order valence-electron chi connectivity index (χ3n) is 3.40. The second-order valence-electron chi connectivity index (χ2n) is 5.01. The Bertz CT molecular complexity index is 575. The van der Waals surface area contributed by atoms with Gasteiger partial charge in [-0.2, -0.15) is 4.31 Å². The minimum Gasteiger partial charge on any atom is -0.242 e. The van der Waals surface area contributed by atoms with Gasteiger partial charge >= 0.3 is 0 Å². The summed E-state index contributed by atoms with van der Waals surface area (Å²) in [7, 11) is -3.54. The van der Waals surface area contributed by atoms with Crippen molar-refractivity contribution >= 4 is 33.2 Å². The summed E-state index contributed by atoms with van der Waals surface area (Å²) in [5, 5.41) is 0.269. The highest BCUT2D eigenvalue weighted by atomic mass is 35.5. The first-order valence-corrected chi connectivity index (χ1v) is 8.36. The summed E-state index contributed by atoms with van der Waals surface area (Å²) >= 11 is 11.6. The molecule has 0 spiro atoms. The topological polar surface area (TPSA) is 50.3 Å². The molecule has 1 fully saturated rings. The van der Waals surface area contributed by atoms with E-state index in [4.69, 9.17) is 23.2 Å². The number of sulfonamides is 1. The van der Waals surface area contributed by atoms with Gasteiger partial charge in [-0.3, -0.25) is 0 Å². The van der Waals surface area contributed by atoms with E-state index >= 15 is 0 Å². The fraction of sp³-hybridized carbons (Fsp3) is 0.583. The quantitative estimate of drug-likeness (QED) is 0.803. The average Bonchev–Trinajstić information content (AvgIpc) is 2.82. The molecule has 2 rings (SSSR count). The van der Waals surface area contributed by atoms with Gasteiger partial charge in [0.15, 0.2) is 0 Å². The Morgan fingerprint density at radius 3 is 2.68 bits per heavy atom. The van der Waals surface area contributed by atoms with E-state index in [-0.39, 0.29) is 27.0 Å². The molecule has 0 bridgehead atoms. The van der Waals surface area contributed by atoms with E-state index < -0.39 is 10.0 Å². The molecule has 1 aliphatic rings. The lowest BCUT2D eigenvalue weighted by molar-refractivity contribution is 0.315. The fourth-order valence-electron chi connectivity index (χ4n) is 2.41. The molecule has 0 amide bonds. The number of hydrogen-bond acceptors (Lipinski definition) is 3. The van der Waals surface area contributed by atoms with Gasteiger partial charge in [0, 0.05) is 18.8 Å².